The van der Waals surface area contributed by atoms with Crippen LogP contribution in [0.1, 0.15) is 66.2 Å². The molecule has 6 amide bonds. The molecule has 5 aromatic rings. The van der Waals surface area contributed by atoms with Crippen LogP contribution >= 0.6 is 23.2 Å². The van der Waals surface area contributed by atoms with Crippen molar-refractivity contribution >= 4 is 122 Å². The number of unbranched alkanes of at least 4 members (excludes halogenated alkanes) is 2. The number of fused-ring (bicyclic) bond motifs is 6. The van der Waals surface area contributed by atoms with Crippen LogP contribution in [0, 0.1) is 0 Å². The van der Waals surface area contributed by atoms with Crippen LogP contribution in [0.3, 0.4) is 0 Å². The van der Waals surface area contributed by atoms with Gasteiger partial charge in [0.15, 0.2) is 6.10 Å². The first-order chi connectivity index (χ1) is 43.3. The van der Waals surface area contributed by atoms with E-state index >= 15 is 0 Å². The van der Waals surface area contributed by atoms with Crippen molar-refractivity contribution in [2.75, 3.05) is 59.7 Å². The first-order valence-electron chi connectivity index (χ1n) is 28.6. The molecule has 10 rings (SSSR count). The maximum absolute atomic E-state index is 14.5. The summed E-state index contributed by atoms with van der Waals surface area (Å²) in [4.78, 5) is 111. The van der Waals surface area contributed by atoms with E-state index in [1.54, 1.807) is 66.7 Å². The lowest BCUT2D eigenvalue weighted by Gasteiger charge is -2.38. The van der Waals surface area contributed by atoms with E-state index in [0.29, 0.717) is 63.5 Å². The van der Waals surface area contributed by atoms with Crippen molar-refractivity contribution in [2.45, 2.75) is 99.2 Å². The van der Waals surface area contributed by atoms with E-state index in [-0.39, 0.29) is 110 Å². The molecular formula is C63H63Cl2N5O20. The van der Waals surface area contributed by atoms with Crippen LogP contribution in [-0.2, 0) is 52.6 Å². The summed E-state index contributed by atoms with van der Waals surface area (Å²) in [7, 11) is 0. The molecule has 2 fully saturated rings. The number of carbonyl (C=O) groups is 7. The number of rotatable bonds is 21. The second kappa shape index (κ2) is 29.5. The second-order valence-electron chi connectivity index (χ2n) is 21.7. The third kappa shape index (κ3) is 14.4. The Labute approximate surface area is 523 Å². The topological polar surface area (TPSA) is 366 Å². The minimum absolute atomic E-state index is 0.0299. The predicted octanol–water partition coefficient (Wildman–Crippen LogP) is 3.19. The van der Waals surface area contributed by atoms with Crippen LogP contribution in [0.4, 0.5) is 17.1 Å². The van der Waals surface area contributed by atoms with Crippen molar-refractivity contribution in [3.05, 3.63) is 125 Å². The van der Waals surface area contributed by atoms with Crippen molar-refractivity contribution in [1.82, 2.24) is 10.2 Å². The van der Waals surface area contributed by atoms with Crippen LogP contribution in [-0.4, -0.2) is 188 Å². The number of aliphatic hydroxyl groups excluding tert-OH is 6. The quantitative estimate of drug-likeness (QED) is 0.0220. The summed E-state index contributed by atoms with van der Waals surface area (Å²) >= 11 is 13.1. The molecule has 5 aliphatic rings. The minimum atomic E-state index is -1.96. The number of alkyl halides is 2. The molecule has 0 bridgehead atoms. The molecule has 2 saturated heterocycles. The molecule has 25 nitrogen and oxygen atoms in total. The predicted molar refractivity (Wildman–Crippen MR) is 323 cm³/mol. The Morgan fingerprint density at radius 1 is 0.644 bits per heavy atom. The number of carbonyl (C=O) groups excluding carboxylic acids is 8. The molecule has 0 unspecified atom stereocenters. The van der Waals surface area contributed by atoms with Gasteiger partial charge in [0.25, 0.3) is 23.6 Å². The molecule has 0 aliphatic carbocycles. The molecule has 11 atom stereocenters. The average molecular weight is 1280 g/mol. The van der Waals surface area contributed by atoms with Crippen LogP contribution in [0.15, 0.2) is 103 Å². The van der Waals surface area contributed by atoms with Crippen LogP contribution in [0.5, 0.6) is 11.5 Å². The smallest absolute Gasteiger partial charge is 0.373 e. The van der Waals surface area contributed by atoms with Crippen molar-refractivity contribution in [1.29, 1.82) is 0 Å². The van der Waals surface area contributed by atoms with Gasteiger partial charge in [0.05, 0.1) is 18.0 Å². The van der Waals surface area contributed by atoms with Gasteiger partial charge in [0.2, 0.25) is 24.4 Å². The summed E-state index contributed by atoms with van der Waals surface area (Å²) in [6.45, 7) is 0.220. The third-order valence-electron chi connectivity index (χ3n) is 16.0. The number of carboxylic acid groups (broad SMARTS) is 1. The normalized spacial score (nSPS) is 24.4. The summed E-state index contributed by atoms with van der Waals surface area (Å²) in [6.07, 6.45) is -5.38. The lowest BCUT2D eigenvalue weighted by molar-refractivity contribution is -0.270. The molecule has 0 saturated carbocycles. The van der Waals surface area contributed by atoms with Gasteiger partial charge >= 0.3 is 12.1 Å². The number of hydrogen-bond acceptors (Lipinski definition) is 19. The van der Waals surface area contributed by atoms with Crippen molar-refractivity contribution in [3.63, 3.8) is 0 Å². The van der Waals surface area contributed by atoms with Gasteiger partial charge in [-0.05, 0) is 64.1 Å². The monoisotopic (exact) mass is 1280 g/mol. The molecule has 0 radical (unpaired) electrons. The fraction of sp³-hybridized carbons (Fsp3) is 0.365. The number of nitrogens with zero attached hydrogens (tertiary/aromatic N) is 3. The highest BCUT2D eigenvalue weighted by molar-refractivity contribution is 6.20. The van der Waals surface area contributed by atoms with E-state index in [0.717, 1.165) is 15.8 Å². The number of halogens is 2. The fourth-order valence-electron chi connectivity index (χ4n) is 11.4. The Balaban J connectivity index is 0.00000314. The molecule has 5 heterocycles. The lowest BCUT2D eigenvalue weighted by atomic mass is 9.95. The highest BCUT2D eigenvalue weighted by atomic mass is 35.5. The Morgan fingerprint density at radius 3 is 1.76 bits per heavy atom. The molecule has 27 heteroatoms. The minimum Gasteiger partial charge on any atom is -0.479 e. The number of aliphatic carboxylic acids is 1. The summed E-state index contributed by atoms with van der Waals surface area (Å²) < 4.78 is 23.2. The number of nitrogens with one attached hydrogen (secondary N) is 2. The Hall–Kier alpha value is -8.43. The summed E-state index contributed by atoms with van der Waals surface area (Å²) in [5.41, 5.74) is 3.36. The molecule has 5 aliphatic heterocycles. The van der Waals surface area contributed by atoms with E-state index in [2.05, 4.69) is 10.6 Å². The van der Waals surface area contributed by atoms with E-state index < -0.39 is 79.0 Å². The second-order valence-corrected chi connectivity index (χ2v) is 22.4. The van der Waals surface area contributed by atoms with Crippen molar-refractivity contribution in [3.8, 4) is 11.5 Å². The largest absolute Gasteiger partial charge is 0.479 e. The SMILES string of the molecule is O=C(CCCCCN1C(=O)C=CC1=O)NCCC(=O)Nc1cc(/C=C/C(=O)N2C[C@@H](CCl)c3c2cc(O[C@@H]2OC[C@@H](O)[C@H](O)[C@H]2O)c2ccccc32)ccc1/C=C/C(=O)N1C[C@@H](CCl)c2c1cc(O[C@@H]1O[C@H](C(=O)O)[C@@H](O)[C@H](O)[C@H]1O)c1ccccc21.O=C=O. The molecule has 474 valence electrons. The summed E-state index contributed by atoms with van der Waals surface area (Å²) in [5, 5.41) is 80.8. The number of benzene rings is 5. The summed E-state index contributed by atoms with van der Waals surface area (Å²) in [6, 6.07) is 22.3. The van der Waals surface area contributed by atoms with E-state index in [1.165, 1.54) is 46.2 Å². The molecule has 90 heavy (non-hydrogen) atoms. The van der Waals surface area contributed by atoms with E-state index in [4.69, 9.17) is 51.7 Å². The van der Waals surface area contributed by atoms with Crippen LogP contribution in [0.25, 0.3) is 33.7 Å². The highest BCUT2D eigenvalue weighted by Crippen LogP contribution is 2.48. The number of hydrogen-bond donors (Lipinski definition) is 9. The molecule has 5 aromatic carbocycles. The zero-order valence-corrected chi connectivity index (χ0v) is 49.4. The lowest BCUT2D eigenvalue weighted by Crippen LogP contribution is -2.61. The van der Waals surface area contributed by atoms with Crippen LogP contribution < -0.4 is 29.9 Å². The van der Waals surface area contributed by atoms with Gasteiger partial charge in [0.1, 0.15) is 48.1 Å². The number of imide groups is 1. The fourth-order valence-corrected chi connectivity index (χ4v) is 11.9. The van der Waals surface area contributed by atoms with Crippen molar-refractivity contribution < 1.29 is 97.8 Å². The van der Waals surface area contributed by atoms with Crippen molar-refractivity contribution in [2.24, 2.45) is 0 Å². The molecular weight excluding hydrogens is 1220 g/mol. The summed E-state index contributed by atoms with van der Waals surface area (Å²) in [5.74, 6) is -4.28. The number of carboxylic acids is 1. The number of anilines is 3. The molecule has 0 aromatic heterocycles. The zero-order chi connectivity index (χ0) is 64.5. The first-order valence-corrected chi connectivity index (χ1v) is 29.7. The standard InChI is InChI=1S/C62H63Cl2N5O18.CO2/c63-27-34-29-68(41-25-44(36-8-3-5-10-38(36)52(34)41)85-61-57(80)54(77)43(70)31-84-61)50(75)17-14-32-13-15-33(40(24-32)66-47(72)21-22-65-46(71)12-2-1-7-23-67-48(73)19-20-49(67)74)16-18-51(76)69-30-35(28-64)53-39-11-6-4-9-37(39)45(26-42(53)69)86-62-58(81)55(78)56(79)59(87-62)60(82)83;2-1-3/h3-6,8-11,13-20,24-26,34-35,43,54-59,61-62,70,77-81H,1-2,7,12,21-23,27-31H2,(H,65,71)(H,66,72)(H,82,83);/b17-14+,18-16+;/t34-,35-,43-,54+,55+,56+,57-,58-,59+,61+,62-;/m1./s1. The number of ether oxygens (including phenoxy) is 4. The highest BCUT2D eigenvalue weighted by Gasteiger charge is 2.49. The number of amides is 6. The van der Waals surface area contributed by atoms with Crippen LogP contribution in [0.2, 0.25) is 0 Å². The van der Waals surface area contributed by atoms with Gasteiger partial charge in [-0.15, -0.1) is 23.2 Å². The van der Waals surface area contributed by atoms with Gasteiger partial charge in [0, 0.05) is 116 Å². The van der Waals surface area contributed by atoms with Gasteiger partial charge < -0.3 is 75.1 Å². The maximum Gasteiger partial charge on any atom is 0.373 e. The number of aliphatic hydroxyl groups is 6. The van der Waals surface area contributed by atoms with Gasteiger partial charge in [-0.25, -0.2) is 4.79 Å². The first kappa shape index (κ1) is 66.0. The van der Waals surface area contributed by atoms with Gasteiger partial charge in [-0.3, -0.25) is 33.7 Å². The molecule has 0 spiro atoms. The Bertz CT molecular complexity index is 3690. The van der Waals surface area contributed by atoms with Gasteiger partial charge in [-0.2, -0.15) is 9.59 Å². The maximum atomic E-state index is 14.5. The van der Waals surface area contributed by atoms with Gasteiger partial charge in [-0.1, -0.05) is 67.1 Å². The third-order valence-corrected chi connectivity index (χ3v) is 16.7. The average Bonchev–Trinajstić information content (AvgIpc) is 1.60. The zero-order valence-electron chi connectivity index (χ0n) is 47.8. The van der Waals surface area contributed by atoms with E-state index in [9.17, 15) is 69.3 Å². The Morgan fingerprint density at radius 2 is 1.19 bits per heavy atom. The van der Waals surface area contributed by atoms with E-state index in [1.807, 2.05) is 12.1 Å². The Kier molecular flexibility index (Phi) is 21.6. The molecule has 9 N–H and O–H groups in total.